The standard InChI is InChI=1S/C10H9ClN2O2/c1-2-13-5-12-9-7(14)4-3-6(11)8(9)10(13)15/h3-5,14H,2H2,1H3. The maximum atomic E-state index is 11.9. The Labute approximate surface area is 90.8 Å². The van der Waals surface area contributed by atoms with Gasteiger partial charge in [0.15, 0.2) is 0 Å². The molecule has 0 aliphatic carbocycles. The molecule has 1 aromatic heterocycles. The van der Waals surface area contributed by atoms with Crippen molar-refractivity contribution in [3.63, 3.8) is 0 Å². The lowest BCUT2D eigenvalue weighted by atomic mass is 10.2. The van der Waals surface area contributed by atoms with Crippen LogP contribution in [-0.4, -0.2) is 14.7 Å². The van der Waals surface area contributed by atoms with Gasteiger partial charge in [0.25, 0.3) is 5.56 Å². The normalized spacial score (nSPS) is 10.8. The van der Waals surface area contributed by atoms with E-state index in [2.05, 4.69) is 4.98 Å². The van der Waals surface area contributed by atoms with Gasteiger partial charge in [0, 0.05) is 6.54 Å². The summed E-state index contributed by atoms with van der Waals surface area (Å²) in [4.78, 5) is 15.9. The van der Waals surface area contributed by atoms with Crippen LogP contribution in [-0.2, 0) is 6.54 Å². The average Bonchev–Trinajstić information content (AvgIpc) is 2.23. The summed E-state index contributed by atoms with van der Waals surface area (Å²) < 4.78 is 1.44. The lowest BCUT2D eigenvalue weighted by Crippen LogP contribution is -2.19. The molecular weight excluding hydrogens is 216 g/mol. The number of phenols is 1. The molecule has 0 saturated heterocycles. The molecule has 0 saturated carbocycles. The maximum Gasteiger partial charge on any atom is 0.262 e. The van der Waals surface area contributed by atoms with Crippen LogP contribution in [0.5, 0.6) is 5.75 Å². The summed E-state index contributed by atoms with van der Waals surface area (Å²) in [6.07, 6.45) is 1.40. The van der Waals surface area contributed by atoms with Gasteiger partial charge in [0.1, 0.15) is 11.3 Å². The number of aromatic nitrogens is 2. The van der Waals surface area contributed by atoms with Crippen molar-refractivity contribution in [2.75, 3.05) is 0 Å². The molecule has 78 valence electrons. The van der Waals surface area contributed by atoms with Gasteiger partial charge in [-0.1, -0.05) is 11.6 Å². The van der Waals surface area contributed by atoms with E-state index >= 15 is 0 Å². The van der Waals surface area contributed by atoms with Gasteiger partial charge in [-0.15, -0.1) is 0 Å². The van der Waals surface area contributed by atoms with Crippen LogP contribution in [0.4, 0.5) is 0 Å². The average molecular weight is 225 g/mol. The van der Waals surface area contributed by atoms with Gasteiger partial charge in [-0.05, 0) is 19.1 Å². The van der Waals surface area contributed by atoms with Crippen LogP contribution in [0, 0.1) is 0 Å². The van der Waals surface area contributed by atoms with E-state index < -0.39 is 0 Å². The molecule has 2 rings (SSSR count). The van der Waals surface area contributed by atoms with Crippen LogP contribution in [0.3, 0.4) is 0 Å². The molecule has 0 spiro atoms. The van der Waals surface area contributed by atoms with Gasteiger partial charge >= 0.3 is 0 Å². The second-order valence-corrected chi connectivity index (χ2v) is 3.53. The minimum atomic E-state index is -0.233. The van der Waals surface area contributed by atoms with Crippen molar-refractivity contribution in [2.45, 2.75) is 13.5 Å². The van der Waals surface area contributed by atoms with Crippen LogP contribution in [0.2, 0.25) is 5.02 Å². The Hall–Kier alpha value is -1.55. The van der Waals surface area contributed by atoms with Crippen LogP contribution < -0.4 is 5.56 Å². The van der Waals surface area contributed by atoms with Crippen LogP contribution in [0.25, 0.3) is 10.9 Å². The minimum Gasteiger partial charge on any atom is -0.506 e. The fourth-order valence-electron chi connectivity index (χ4n) is 1.44. The molecule has 0 bridgehead atoms. The number of rotatable bonds is 1. The Bertz CT molecular complexity index is 577. The fraction of sp³-hybridized carbons (Fsp3) is 0.200. The molecule has 2 aromatic rings. The summed E-state index contributed by atoms with van der Waals surface area (Å²) in [6, 6.07) is 2.91. The van der Waals surface area contributed by atoms with E-state index in [0.717, 1.165) is 0 Å². The molecule has 15 heavy (non-hydrogen) atoms. The van der Waals surface area contributed by atoms with Crippen molar-refractivity contribution in [2.24, 2.45) is 0 Å². The molecule has 0 aliphatic heterocycles. The Morgan fingerprint density at radius 1 is 1.53 bits per heavy atom. The molecule has 1 heterocycles. The highest BCUT2D eigenvalue weighted by Crippen LogP contribution is 2.25. The number of halogens is 1. The number of aromatic hydroxyl groups is 1. The quantitative estimate of drug-likeness (QED) is 0.803. The molecule has 0 atom stereocenters. The first-order chi connectivity index (χ1) is 7.15. The van der Waals surface area contributed by atoms with E-state index in [-0.39, 0.29) is 22.2 Å². The van der Waals surface area contributed by atoms with Gasteiger partial charge in [-0.3, -0.25) is 9.36 Å². The number of hydrogen-bond acceptors (Lipinski definition) is 3. The minimum absolute atomic E-state index is 0.0326. The van der Waals surface area contributed by atoms with E-state index in [4.69, 9.17) is 11.6 Å². The van der Waals surface area contributed by atoms with Crippen molar-refractivity contribution < 1.29 is 5.11 Å². The summed E-state index contributed by atoms with van der Waals surface area (Å²) in [6.45, 7) is 2.36. The predicted molar refractivity (Wildman–Crippen MR) is 58.4 cm³/mol. The lowest BCUT2D eigenvalue weighted by molar-refractivity contribution is 0.480. The smallest absolute Gasteiger partial charge is 0.262 e. The molecule has 0 unspecified atom stereocenters. The molecule has 4 nitrogen and oxygen atoms in total. The molecule has 5 heteroatoms. The molecule has 0 fully saturated rings. The second kappa shape index (κ2) is 3.55. The SMILES string of the molecule is CCn1cnc2c(O)ccc(Cl)c2c1=O. The third-order valence-electron chi connectivity index (χ3n) is 2.25. The lowest BCUT2D eigenvalue weighted by Gasteiger charge is -2.05. The first-order valence-electron chi connectivity index (χ1n) is 4.51. The van der Waals surface area contributed by atoms with Crippen molar-refractivity contribution in [1.29, 1.82) is 0 Å². The number of nitrogens with zero attached hydrogens (tertiary/aromatic N) is 2. The zero-order chi connectivity index (χ0) is 11.0. The van der Waals surface area contributed by atoms with E-state index in [9.17, 15) is 9.90 Å². The first-order valence-corrected chi connectivity index (χ1v) is 4.89. The highest BCUT2D eigenvalue weighted by atomic mass is 35.5. The fourth-order valence-corrected chi connectivity index (χ4v) is 1.67. The van der Waals surface area contributed by atoms with Crippen molar-refractivity contribution >= 4 is 22.5 Å². The van der Waals surface area contributed by atoms with Gasteiger partial charge < -0.3 is 5.11 Å². The highest BCUT2D eigenvalue weighted by molar-refractivity contribution is 6.35. The number of fused-ring (bicyclic) bond motifs is 1. The van der Waals surface area contributed by atoms with Crippen LogP contribution >= 0.6 is 11.6 Å². The van der Waals surface area contributed by atoms with E-state index in [0.29, 0.717) is 11.6 Å². The molecule has 0 aliphatic rings. The zero-order valence-corrected chi connectivity index (χ0v) is 8.82. The molecule has 0 radical (unpaired) electrons. The van der Waals surface area contributed by atoms with Gasteiger partial charge in [-0.25, -0.2) is 4.98 Å². The summed E-state index contributed by atoms with van der Waals surface area (Å²) in [5.41, 5.74) is 0.0144. The summed E-state index contributed by atoms with van der Waals surface area (Å²) in [7, 11) is 0. The zero-order valence-electron chi connectivity index (χ0n) is 8.07. The summed E-state index contributed by atoms with van der Waals surface area (Å²) in [5.74, 6) is -0.0326. The van der Waals surface area contributed by atoms with Gasteiger partial charge in [0.2, 0.25) is 0 Å². The molecule has 1 aromatic carbocycles. The number of phenolic OH excluding ortho intramolecular Hbond substituents is 1. The Morgan fingerprint density at radius 3 is 2.93 bits per heavy atom. The predicted octanol–water partition coefficient (Wildman–Crippen LogP) is 1.78. The van der Waals surface area contributed by atoms with Crippen LogP contribution in [0.1, 0.15) is 6.92 Å². The third-order valence-corrected chi connectivity index (χ3v) is 2.56. The maximum absolute atomic E-state index is 11.9. The van der Waals surface area contributed by atoms with Gasteiger partial charge in [0.05, 0.1) is 16.7 Å². The molecular formula is C10H9ClN2O2. The van der Waals surface area contributed by atoms with E-state index in [1.165, 1.54) is 23.0 Å². The topological polar surface area (TPSA) is 55.1 Å². The summed E-state index contributed by atoms with van der Waals surface area (Å²) >= 11 is 5.90. The Morgan fingerprint density at radius 2 is 2.27 bits per heavy atom. The van der Waals surface area contributed by atoms with E-state index in [1.54, 1.807) is 0 Å². The monoisotopic (exact) mass is 224 g/mol. The Kier molecular flexibility index (Phi) is 2.36. The largest absolute Gasteiger partial charge is 0.506 e. The van der Waals surface area contributed by atoms with Crippen molar-refractivity contribution in [3.8, 4) is 5.75 Å². The Balaban J connectivity index is 2.99. The van der Waals surface area contributed by atoms with Crippen molar-refractivity contribution in [3.05, 3.63) is 33.8 Å². The molecule has 0 amide bonds. The highest BCUT2D eigenvalue weighted by Gasteiger charge is 2.10. The molecule has 1 N–H and O–H groups in total. The van der Waals surface area contributed by atoms with Crippen LogP contribution in [0.15, 0.2) is 23.3 Å². The number of aryl methyl sites for hydroxylation is 1. The number of benzene rings is 1. The third kappa shape index (κ3) is 1.47. The van der Waals surface area contributed by atoms with Crippen molar-refractivity contribution in [1.82, 2.24) is 9.55 Å². The summed E-state index contributed by atoms with van der Waals surface area (Å²) in [5, 5.41) is 10.1. The van der Waals surface area contributed by atoms with Gasteiger partial charge in [-0.2, -0.15) is 0 Å². The second-order valence-electron chi connectivity index (χ2n) is 3.13. The number of hydrogen-bond donors (Lipinski definition) is 1. The first kappa shape index (κ1) is 9.98. The van der Waals surface area contributed by atoms with E-state index in [1.807, 2.05) is 6.92 Å².